The summed E-state index contributed by atoms with van der Waals surface area (Å²) >= 11 is 0. The van der Waals surface area contributed by atoms with E-state index in [2.05, 4.69) is 11.8 Å². The van der Waals surface area contributed by atoms with Crippen LogP contribution in [0.3, 0.4) is 0 Å². The molecular weight excluding hydrogens is 272 g/mol. The number of benzene rings is 1. The molecule has 0 bridgehead atoms. The molecule has 0 radical (unpaired) electrons. The SMILES string of the molecule is CC(N)C1CCCCN1Cc1ccc(S(C)(=O)=O)cc1. The van der Waals surface area contributed by atoms with Gasteiger partial charge in [-0.3, -0.25) is 4.90 Å². The van der Waals surface area contributed by atoms with Gasteiger partial charge in [-0.1, -0.05) is 18.6 Å². The van der Waals surface area contributed by atoms with Crippen LogP contribution in [0.15, 0.2) is 29.2 Å². The van der Waals surface area contributed by atoms with Gasteiger partial charge in [-0.2, -0.15) is 0 Å². The van der Waals surface area contributed by atoms with E-state index in [1.54, 1.807) is 12.1 Å². The van der Waals surface area contributed by atoms with Gasteiger partial charge in [0.25, 0.3) is 0 Å². The number of hydrogen-bond acceptors (Lipinski definition) is 4. The van der Waals surface area contributed by atoms with Crippen LogP contribution in [-0.4, -0.2) is 38.2 Å². The van der Waals surface area contributed by atoms with Crippen molar-refractivity contribution < 1.29 is 8.42 Å². The summed E-state index contributed by atoms with van der Waals surface area (Å²) in [6, 6.07) is 7.79. The minimum Gasteiger partial charge on any atom is -0.327 e. The van der Waals surface area contributed by atoms with Gasteiger partial charge < -0.3 is 5.73 Å². The van der Waals surface area contributed by atoms with E-state index in [9.17, 15) is 8.42 Å². The maximum atomic E-state index is 11.4. The predicted molar refractivity (Wildman–Crippen MR) is 81.3 cm³/mol. The lowest BCUT2D eigenvalue weighted by atomic mass is 9.96. The monoisotopic (exact) mass is 296 g/mol. The van der Waals surface area contributed by atoms with E-state index in [0.717, 1.165) is 25.1 Å². The van der Waals surface area contributed by atoms with Crippen molar-refractivity contribution in [3.8, 4) is 0 Å². The van der Waals surface area contributed by atoms with Gasteiger partial charge >= 0.3 is 0 Å². The van der Waals surface area contributed by atoms with Crippen LogP contribution < -0.4 is 5.73 Å². The van der Waals surface area contributed by atoms with Gasteiger partial charge in [0.2, 0.25) is 0 Å². The summed E-state index contributed by atoms with van der Waals surface area (Å²) in [5, 5.41) is 0. The van der Waals surface area contributed by atoms with Gasteiger partial charge in [-0.15, -0.1) is 0 Å². The molecule has 2 unspecified atom stereocenters. The second kappa shape index (κ2) is 6.24. The predicted octanol–water partition coefficient (Wildman–Crippen LogP) is 1.79. The van der Waals surface area contributed by atoms with Crippen LogP contribution in [-0.2, 0) is 16.4 Å². The first-order chi connectivity index (χ1) is 9.38. The van der Waals surface area contributed by atoms with Crippen molar-refractivity contribution in [3.05, 3.63) is 29.8 Å². The van der Waals surface area contributed by atoms with Gasteiger partial charge in [0, 0.05) is 24.9 Å². The van der Waals surface area contributed by atoms with Crippen LogP contribution in [0.1, 0.15) is 31.7 Å². The Morgan fingerprint density at radius 1 is 1.30 bits per heavy atom. The fourth-order valence-corrected chi connectivity index (χ4v) is 3.52. The lowest BCUT2D eigenvalue weighted by Crippen LogP contribution is -2.48. The van der Waals surface area contributed by atoms with Crippen LogP contribution in [0, 0.1) is 0 Å². The Morgan fingerprint density at radius 3 is 2.50 bits per heavy atom. The molecule has 0 aliphatic carbocycles. The molecule has 0 spiro atoms. The van der Waals surface area contributed by atoms with E-state index < -0.39 is 9.84 Å². The van der Waals surface area contributed by atoms with Crippen molar-refractivity contribution in [1.29, 1.82) is 0 Å². The number of piperidine rings is 1. The number of likely N-dealkylation sites (tertiary alicyclic amines) is 1. The molecule has 1 heterocycles. The number of hydrogen-bond donors (Lipinski definition) is 1. The topological polar surface area (TPSA) is 63.4 Å². The van der Waals surface area contributed by atoms with E-state index in [1.807, 2.05) is 12.1 Å². The molecule has 5 heteroatoms. The Bertz CT molecular complexity index is 537. The normalized spacial score (nSPS) is 22.6. The first-order valence-electron chi connectivity index (χ1n) is 7.16. The molecule has 1 aliphatic rings. The quantitative estimate of drug-likeness (QED) is 0.920. The zero-order valence-corrected chi connectivity index (χ0v) is 13.1. The second-order valence-electron chi connectivity index (χ2n) is 5.81. The average Bonchev–Trinajstić information content (AvgIpc) is 2.38. The Balaban J connectivity index is 2.09. The van der Waals surface area contributed by atoms with Crippen molar-refractivity contribution >= 4 is 9.84 Å². The zero-order chi connectivity index (χ0) is 14.8. The lowest BCUT2D eigenvalue weighted by molar-refractivity contribution is 0.123. The Hall–Kier alpha value is -0.910. The third-order valence-corrected chi connectivity index (χ3v) is 5.14. The first-order valence-corrected chi connectivity index (χ1v) is 9.05. The summed E-state index contributed by atoms with van der Waals surface area (Å²) in [5.74, 6) is 0. The molecule has 20 heavy (non-hydrogen) atoms. The highest BCUT2D eigenvalue weighted by atomic mass is 32.2. The van der Waals surface area contributed by atoms with E-state index in [0.29, 0.717) is 10.9 Å². The van der Waals surface area contributed by atoms with Gasteiger partial charge in [0.1, 0.15) is 0 Å². The summed E-state index contributed by atoms with van der Waals surface area (Å²) < 4.78 is 22.9. The highest BCUT2D eigenvalue weighted by molar-refractivity contribution is 7.90. The zero-order valence-electron chi connectivity index (χ0n) is 12.2. The maximum absolute atomic E-state index is 11.4. The van der Waals surface area contributed by atoms with Crippen molar-refractivity contribution in [2.45, 2.75) is 49.7 Å². The van der Waals surface area contributed by atoms with Gasteiger partial charge in [0.05, 0.1) is 4.90 Å². The maximum Gasteiger partial charge on any atom is 0.175 e. The average molecular weight is 296 g/mol. The van der Waals surface area contributed by atoms with E-state index >= 15 is 0 Å². The molecule has 1 saturated heterocycles. The molecule has 1 aromatic rings. The fourth-order valence-electron chi connectivity index (χ4n) is 2.89. The summed E-state index contributed by atoms with van der Waals surface area (Å²) in [7, 11) is -3.11. The fraction of sp³-hybridized carbons (Fsp3) is 0.600. The van der Waals surface area contributed by atoms with E-state index in [4.69, 9.17) is 5.73 Å². The van der Waals surface area contributed by atoms with Crippen LogP contribution in [0.25, 0.3) is 0 Å². The van der Waals surface area contributed by atoms with Crippen LogP contribution >= 0.6 is 0 Å². The molecule has 0 amide bonds. The molecule has 2 N–H and O–H groups in total. The smallest absolute Gasteiger partial charge is 0.175 e. The molecular formula is C15H24N2O2S. The number of sulfone groups is 1. The van der Waals surface area contributed by atoms with Crippen molar-refractivity contribution in [1.82, 2.24) is 4.90 Å². The Kier molecular flexibility index (Phi) is 4.83. The van der Waals surface area contributed by atoms with E-state index in [-0.39, 0.29) is 6.04 Å². The van der Waals surface area contributed by atoms with Gasteiger partial charge in [0.15, 0.2) is 9.84 Å². The van der Waals surface area contributed by atoms with Crippen molar-refractivity contribution in [3.63, 3.8) is 0 Å². The number of nitrogens with two attached hydrogens (primary N) is 1. The second-order valence-corrected chi connectivity index (χ2v) is 7.82. The molecule has 0 saturated carbocycles. The van der Waals surface area contributed by atoms with Crippen LogP contribution in [0.2, 0.25) is 0 Å². The number of rotatable bonds is 4. The van der Waals surface area contributed by atoms with Crippen LogP contribution in [0.4, 0.5) is 0 Å². The molecule has 0 aromatic heterocycles. The highest BCUT2D eigenvalue weighted by Crippen LogP contribution is 2.22. The third-order valence-electron chi connectivity index (χ3n) is 4.01. The van der Waals surface area contributed by atoms with Crippen molar-refractivity contribution in [2.24, 2.45) is 5.73 Å². The van der Waals surface area contributed by atoms with Gasteiger partial charge in [-0.05, 0) is 44.0 Å². The van der Waals surface area contributed by atoms with Gasteiger partial charge in [-0.25, -0.2) is 8.42 Å². The molecule has 1 aliphatic heterocycles. The summed E-state index contributed by atoms with van der Waals surface area (Å²) in [6.07, 6.45) is 4.85. The molecule has 1 fully saturated rings. The number of nitrogens with zero attached hydrogens (tertiary/aromatic N) is 1. The summed E-state index contributed by atoms with van der Waals surface area (Å²) in [5.41, 5.74) is 7.21. The minimum absolute atomic E-state index is 0.172. The highest BCUT2D eigenvalue weighted by Gasteiger charge is 2.25. The molecule has 112 valence electrons. The van der Waals surface area contributed by atoms with Crippen molar-refractivity contribution in [2.75, 3.05) is 12.8 Å². The molecule has 2 atom stereocenters. The largest absolute Gasteiger partial charge is 0.327 e. The third kappa shape index (κ3) is 3.81. The standard InChI is InChI=1S/C15H24N2O2S/c1-12(16)15-5-3-4-10-17(15)11-13-6-8-14(9-7-13)20(2,18)19/h6-9,12,15H,3-5,10-11,16H2,1-2H3. The summed E-state index contributed by atoms with van der Waals surface area (Å²) in [4.78, 5) is 2.80. The molecule has 4 nitrogen and oxygen atoms in total. The Labute approximate surface area is 121 Å². The summed E-state index contributed by atoms with van der Waals surface area (Å²) in [6.45, 7) is 3.98. The first kappa shape index (κ1) is 15.5. The molecule has 1 aromatic carbocycles. The van der Waals surface area contributed by atoms with E-state index in [1.165, 1.54) is 19.1 Å². The lowest BCUT2D eigenvalue weighted by Gasteiger charge is -2.38. The minimum atomic E-state index is -3.11. The molecule has 2 rings (SSSR count). The van der Waals surface area contributed by atoms with Crippen LogP contribution in [0.5, 0.6) is 0 Å². The Morgan fingerprint density at radius 2 is 1.95 bits per heavy atom.